The van der Waals surface area contributed by atoms with E-state index in [1.165, 1.54) is 6.33 Å². The van der Waals surface area contributed by atoms with Crippen LogP contribution < -0.4 is 5.46 Å². The van der Waals surface area contributed by atoms with E-state index in [1.807, 2.05) is 48.5 Å². The summed E-state index contributed by atoms with van der Waals surface area (Å²) in [5.41, 5.74) is 2.43. The van der Waals surface area contributed by atoms with Gasteiger partial charge in [0.1, 0.15) is 6.33 Å². The Balaban J connectivity index is 2.27. The first kappa shape index (κ1) is 13.9. The van der Waals surface area contributed by atoms with Crippen LogP contribution in [0.4, 0.5) is 0 Å². The molecule has 4 nitrogen and oxygen atoms in total. The molecule has 0 radical (unpaired) electrons. The lowest BCUT2D eigenvalue weighted by atomic mass is 9.72. The second kappa shape index (κ2) is 5.46. The molecule has 1 aromatic heterocycles. The van der Waals surface area contributed by atoms with Crippen molar-refractivity contribution in [3.63, 3.8) is 0 Å². The van der Waals surface area contributed by atoms with E-state index in [9.17, 15) is 10.0 Å². The maximum absolute atomic E-state index is 9.91. The van der Waals surface area contributed by atoms with Crippen molar-refractivity contribution < 1.29 is 10.0 Å². The Morgan fingerprint density at radius 2 is 1.17 bits per heavy atom. The Labute approximate surface area is 133 Å². The molecule has 110 valence electrons. The van der Waals surface area contributed by atoms with E-state index in [1.54, 1.807) is 12.4 Å². The van der Waals surface area contributed by atoms with Gasteiger partial charge in [-0.3, -0.25) is 0 Å². The smallest absolute Gasteiger partial charge is 0.423 e. The molecule has 0 bridgehead atoms. The Hall–Kier alpha value is -2.76. The van der Waals surface area contributed by atoms with Crippen molar-refractivity contribution in [2.45, 2.75) is 0 Å². The van der Waals surface area contributed by atoms with Gasteiger partial charge in [-0.25, -0.2) is 9.97 Å². The molecule has 3 aromatic carbocycles. The Kier molecular flexibility index (Phi) is 3.30. The molecular formula is C18H13BN2O2. The lowest BCUT2D eigenvalue weighted by Gasteiger charge is -2.16. The van der Waals surface area contributed by atoms with Gasteiger partial charge in [0.2, 0.25) is 0 Å². The maximum Gasteiger partial charge on any atom is 0.489 e. The number of fused-ring (bicyclic) bond motifs is 2. The van der Waals surface area contributed by atoms with Crippen LogP contribution in [-0.2, 0) is 0 Å². The standard InChI is InChI=1S/C18H13BN2O2/c22-19(23)18-15-7-3-1-5-13(15)17(12-9-20-11-21-10-12)14-6-2-4-8-16(14)18/h1-11,22-23H. The lowest BCUT2D eigenvalue weighted by molar-refractivity contribution is 0.426. The van der Waals surface area contributed by atoms with Gasteiger partial charge in [-0.1, -0.05) is 48.5 Å². The first-order valence-electron chi connectivity index (χ1n) is 7.32. The molecule has 1 heterocycles. The van der Waals surface area contributed by atoms with Crippen LogP contribution in [0.15, 0.2) is 67.3 Å². The van der Waals surface area contributed by atoms with Crippen molar-refractivity contribution in [1.82, 2.24) is 9.97 Å². The SMILES string of the molecule is OB(O)c1c2ccccc2c(-c2cncnc2)c2ccccc12. The molecule has 4 rings (SSSR count). The van der Waals surface area contributed by atoms with E-state index in [4.69, 9.17) is 0 Å². The maximum atomic E-state index is 9.91. The lowest BCUT2D eigenvalue weighted by Crippen LogP contribution is -2.31. The molecule has 0 saturated carbocycles. The fourth-order valence-corrected chi connectivity index (χ4v) is 3.18. The van der Waals surface area contributed by atoms with Gasteiger partial charge in [-0.2, -0.15) is 0 Å². The third kappa shape index (κ3) is 2.18. The van der Waals surface area contributed by atoms with E-state index in [-0.39, 0.29) is 0 Å². The minimum atomic E-state index is -1.54. The Bertz CT molecular complexity index is 947. The summed E-state index contributed by atoms with van der Waals surface area (Å²) in [6, 6.07) is 15.5. The zero-order chi connectivity index (χ0) is 15.8. The van der Waals surface area contributed by atoms with Crippen molar-refractivity contribution in [2.24, 2.45) is 0 Å². The monoisotopic (exact) mass is 300 g/mol. The molecular weight excluding hydrogens is 287 g/mol. The van der Waals surface area contributed by atoms with Crippen LogP contribution in [0, 0.1) is 0 Å². The minimum absolute atomic E-state index is 0.525. The van der Waals surface area contributed by atoms with Crippen LogP contribution in [0.5, 0.6) is 0 Å². The van der Waals surface area contributed by atoms with E-state index >= 15 is 0 Å². The van der Waals surface area contributed by atoms with Gasteiger partial charge in [0, 0.05) is 23.5 Å². The van der Waals surface area contributed by atoms with Crippen molar-refractivity contribution in [3.8, 4) is 11.1 Å². The van der Waals surface area contributed by atoms with Gasteiger partial charge in [-0.05, 0) is 27.0 Å². The van der Waals surface area contributed by atoms with E-state index < -0.39 is 7.12 Å². The predicted molar refractivity (Wildman–Crippen MR) is 92.3 cm³/mol. The van der Waals surface area contributed by atoms with Crippen LogP contribution in [0.25, 0.3) is 32.7 Å². The van der Waals surface area contributed by atoms with Crippen LogP contribution >= 0.6 is 0 Å². The van der Waals surface area contributed by atoms with Crippen LogP contribution in [-0.4, -0.2) is 27.1 Å². The summed E-state index contributed by atoms with van der Waals surface area (Å²) in [5, 5.41) is 23.4. The van der Waals surface area contributed by atoms with E-state index in [0.717, 1.165) is 32.7 Å². The van der Waals surface area contributed by atoms with Crippen LogP contribution in [0.3, 0.4) is 0 Å². The predicted octanol–water partition coefficient (Wildman–Crippen LogP) is 2.13. The Morgan fingerprint density at radius 3 is 1.65 bits per heavy atom. The third-order valence-corrected chi connectivity index (χ3v) is 4.08. The zero-order valence-corrected chi connectivity index (χ0v) is 12.2. The third-order valence-electron chi connectivity index (χ3n) is 4.08. The number of benzene rings is 3. The molecule has 23 heavy (non-hydrogen) atoms. The molecule has 0 aliphatic heterocycles. The fraction of sp³-hybridized carbons (Fsp3) is 0. The minimum Gasteiger partial charge on any atom is -0.423 e. The van der Waals surface area contributed by atoms with Crippen LogP contribution in [0.2, 0.25) is 0 Å². The number of hydrogen-bond donors (Lipinski definition) is 2. The highest BCUT2D eigenvalue weighted by Crippen LogP contribution is 2.34. The second-order valence-electron chi connectivity index (χ2n) is 5.38. The molecule has 0 amide bonds. The molecule has 5 heteroatoms. The van der Waals surface area contributed by atoms with Gasteiger partial charge in [0.05, 0.1) is 0 Å². The zero-order valence-electron chi connectivity index (χ0n) is 12.2. The quantitative estimate of drug-likeness (QED) is 0.439. The molecule has 0 unspecified atom stereocenters. The number of rotatable bonds is 2. The van der Waals surface area contributed by atoms with Gasteiger partial charge >= 0.3 is 7.12 Å². The molecule has 0 atom stereocenters. The average Bonchev–Trinajstić information content (AvgIpc) is 2.59. The highest BCUT2D eigenvalue weighted by atomic mass is 16.4. The van der Waals surface area contributed by atoms with E-state index in [2.05, 4.69) is 9.97 Å². The molecule has 0 spiro atoms. The topological polar surface area (TPSA) is 66.2 Å². The highest BCUT2D eigenvalue weighted by molar-refractivity contribution is 6.66. The first-order chi connectivity index (χ1) is 11.3. The molecule has 0 fully saturated rings. The summed E-state index contributed by atoms with van der Waals surface area (Å²) in [4.78, 5) is 8.24. The van der Waals surface area contributed by atoms with Gasteiger partial charge < -0.3 is 10.0 Å². The van der Waals surface area contributed by atoms with Crippen molar-refractivity contribution in [2.75, 3.05) is 0 Å². The van der Waals surface area contributed by atoms with Crippen LogP contribution in [0.1, 0.15) is 0 Å². The number of hydrogen-bond acceptors (Lipinski definition) is 4. The molecule has 0 aliphatic carbocycles. The number of aromatic nitrogens is 2. The summed E-state index contributed by atoms with van der Waals surface area (Å²) in [5.74, 6) is 0. The summed E-state index contributed by atoms with van der Waals surface area (Å²) < 4.78 is 0. The van der Waals surface area contributed by atoms with Crippen molar-refractivity contribution in [3.05, 3.63) is 67.3 Å². The molecule has 0 aliphatic rings. The van der Waals surface area contributed by atoms with Crippen molar-refractivity contribution >= 4 is 34.1 Å². The first-order valence-corrected chi connectivity index (χ1v) is 7.32. The van der Waals surface area contributed by atoms with Crippen molar-refractivity contribution in [1.29, 1.82) is 0 Å². The van der Waals surface area contributed by atoms with Gasteiger partial charge in [0.25, 0.3) is 0 Å². The second-order valence-corrected chi connectivity index (χ2v) is 5.38. The van der Waals surface area contributed by atoms with Gasteiger partial charge in [0.15, 0.2) is 0 Å². The fourth-order valence-electron chi connectivity index (χ4n) is 3.18. The highest BCUT2D eigenvalue weighted by Gasteiger charge is 2.22. The summed E-state index contributed by atoms with van der Waals surface area (Å²) in [6.07, 6.45) is 5.05. The van der Waals surface area contributed by atoms with Gasteiger partial charge in [-0.15, -0.1) is 0 Å². The van der Waals surface area contributed by atoms with E-state index in [0.29, 0.717) is 5.46 Å². The largest absolute Gasteiger partial charge is 0.489 e. The molecule has 0 saturated heterocycles. The molecule has 2 N–H and O–H groups in total. The summed E-state index contributed by atoms with van der Waals surface area (Å²) in [7, 11) is -1.54. The normalized spacial score (nSPS) is 11.0. The number of nitrogens with zero attached hydrogens (tertiary/aromatic N) is 2. The summed E-state index contributed by atoms with van der Waals surface area (Å²) >= 11 is 0. The summed E-state index contributed by atoms with van der Waals surface area (Å²) in [6.45, 7) is 0. The Morgan fingerprint density at radius 1 is 0.696 bits per heavy atom. The molecule has 4 aromatic rings. The average molecular weight is 300 g/mol.